The third-order valence-electron chi connectivity index (χ3n) is 3.90. The van der Waals surface area contributed by atoms with Gasteiger partial charge in [0.15, 0.2) is 0 Å². The van der Waals surface area contributed by atoms with Gasteiger partial charge in [-0.25, -0.2) is 4.79 Å². The summed E-state index contributed by atoms with van der Waals surface area (Å²) >= 11 is 1.62. The van der Waals surface area contributed by atoms with E-state index >= 15 is 0 Å². The van der Waals surface area contributed by atoms with E-state index in [9.17, 15) is 9.59 Å². The number of thioether (sulfide) groups is 1. The summed E-state index contributed by atoms with van der Waals surface area (Å²) in [4.78, 5) is 27.2. The van der Waals surface area contributed by atoms with Crippen molar-refractivity contribution in [2.45, 2.75) is 5.75 Å². The first-order valence-electron chi connectivity index (χ1n) is 8.12. The third-order valence-corrected chi connectivity index (χ3v) is 4.90. The van der Waals surface area contributed by atoms with Crippen LogP contribution in [0.1, 0.15) is 5.56 Å². The van der Waals surface area contributed by atoms with E-state index < -0.39 is 0 Å². The summed E-state index contributed by atoms with van der Waals surface area (Å²) in [6, 6.07) is 10.1. The zero-order valence-electron chi connectivity index (χ0n) is 14.1. The molecular formula is C17H25N3O3S. The summed E-state index contributed by atoms with van der Waals surface area (Å²) in [7, 11) is 1.40. The van der Waals surface area contributed by atoms with Crippen LogP contribution in [0, 0.1) is 0 Å². The van der Waals surface area contributed by atoms with Crippen LogP contribution in [0.15, 0.2) is 30.3 Å². The van der Waals surface area contributed by atoms with Gasteiger partial charge in [-0.15, -0.1) is 11.8 Å². The van der Waals surface area contributed by atoms with Gasteiger partial charge in [0.1, 0.15) is 0 Å². The second-order valence-electron chi connectivity index (χ2n) is 5.63. The molecule has 132 valence electrons. The lowest BCUT2D eigenvalue weighted by molar-refractivity contribution is -0.118. The Morgan fingerprint density at radius 2 is 1.88 bits per heavy atom. The van der Waals surface area contributed by atoms with Gasteiger partial charge in [0.25, 0.3) is 0 Å². The van der Waals surface area contributed by atoms with Crippen LogP contribution < -0.4 is 5.32 Å². The van der Waals surface area contributed by atoms with Gasteiger partial charge in [0, 0.05) is 45.0 Å². The molecule has 1 aromatic carbocycles. The number of amides is 2. The highest BCUT2D eigenvalue weighted by atomic mass is 32.2. The number of hydrogen-bond acceptors (Lipinski definition) is 5. The monoisotopic (exact) mass is 351 g/mol. The SMILES string of the molecule is COC(=O)N1CCN(CCNC(=O)CSCc2ccccc2)CC1. The van der Waals surface area contributed by atoms with Crippen LogP contribution in [0.2, 0.25) is 0 Å². The maximum atomic E-state index is 11.8. The fraction of sp³-hybridized carbons (Fsp3) is 0.529. The van der Waals surface area contributed by atoms with Crippen LogP contribution in [0.25, 0.3) is 0 Å². The molecule has 2 rings (SSSR count). The molecule has 0 bridgehead atoms. The predicted octanol–water partition coefficient (Wildman–Crippen LogP) is 1.42. The van der Waals surface area contributed by atoms with Gasteiger partial charge in [0.05, 0.1) is 12.9 Å². The Morgan fingerprint density at radius 1 is 1.17 bits per heavy atom. The molecule has 0 aliphatic carbocycles. The van der Waals surface area contributed by atoms with Gasteiger partial charge in [-0.05, 0) is 5.56 Å². The second kappa shape index (κ2) is 10.2. The van der Waals surface area contributed by atoms with E-state index in [-0.39, 0.29) is 12.0 Å². The molecule has 0 radical (unpaired) electrons. The number of ether oxygens (including phenoxy) is 1. The lowest BCUT2D eigenvalue weighted by Gasteiger charge is -2.33. The summed E-state index contributed by atoms with van der Waals surface area (Å²) in [5.74, 6) is 1.40. The van der Waals surface area contributed by atoms with E-state index in [1.165, 1.54) is 12.7 Å². The fourth-order valence-electron chi connectivity index (χ4n) is 2.52. The van der Waals surface area contributed by atoms with Crippen molar-refractivity contribution in [2.75, 3.05) is 52.1 Å². The van der Waals surface area contributed by atoms with Crippen LogP contribution in [0.5, 0.6) is 0 Å². The molecule has 0 atom stereocenters. The van der Waals surface area contributed by atoms with E-state index in [0.29, 0.717) is 25.4 Å². The van der Waals surface area contributed by atoms with Gasteiger partial charge < -0.3 is 15.0 Å². The molecule has 1 N–H and O–H groups in total. The van der Waals surface area contributed by atoms with Crippen LogP contribution in [-0.2, 0) is 15.3 Å². The first-order valence-corrected chi connectivity index (χ1v) is 9.28. The van der Waals surface area contributed by atoms with Gasteiger partial charge in [-0.2, -0.15) is 0 Å². The predicted molar refractivity (Wildman–Crippen MR) is 96.0 cm³/mol. The van der Waals surface area contributed by atoms with Crippen molar-refractivity contribution in [1.82, 2.24) is 15.1 Å². The second-order valence-corrected chi connectivity index (χ2v) is 6.61. The summed E-state index contributed by atoms with van der Waals surface area (Å²) in [6.45, 7) is 4.43. The Labute approximate surface area is 147 Å². The van der Waals surface area contributed by atoms with Crippen LogP contribution >= 0.6 is 11.8 Å². The summed E-state index contributed by atoms with van der Waals surface area (Å²) in [5.41, 5.74) is 1.23. The minimum atomic E-state index is -0.265. The summed E-state index contributed by atoms with van der Waals surface area (Å²) < 4.78 is 4.72. The van der Waals surface area contributed by atoms with Crippen molar-refractivity contribution in [3.63, 3.8) is 0 Å². The van der Waals surface area contributed by atoms with Gasteiger partial charge in [-0.3, -0.25) is 9.69 Å². The number of hydrogen-bond donors (Lipinski definition) is 1. The van der Waals surface area contributed by atoms with Crippen molar-refractivity contribution >= 4 is 23.8 Å². The van der Waals surface area contributed by atoms with E-state index in [0.717, 1.165) is 25.4 Å². The molecule has 0 spiro atoms. The number of benzene rings is 1. The highest BCUT2D eigenvalue weighted by Crippen LogP contribution is 2.11. The Balaban J connectivity index is 1.53. The zero-order valence-corrected chi connectivity index (χ0v) is 14.9. The maximum absolute atomic E-state index is 11.8. The van der Waals surface area contributed by atoms with Crippen LogP contribution in [0.4, 0.5) is 4.79 Å². The standard InChI is InChI=1S/C17H25N3O3S/c1-23-17(22)20-11-9-19(10-12-20)8-7-18-16(21)14-24-13-15-5-3-2-4-6-15/h2-6H,7-14H2,1H3,(H,18,21). The number of methoxy groups -OCH3 is 1. The van der Waals surface area contributed by atoms with E-state index in [2.05, 4.69) is 22.3 Å². The smallest absolute Gasteiger partial charge is 0.409 e. The molecule has 1 aliphatic rings. The number of nitrogens with zero attached hydrogens (tertiary/aromatic N) is 2. The Bertz CT molecular complexity index is 519. The Hall–Kier alpha value is -1.73. The number of nitrogens with one attached hydrogen (secondary N) is 1. The summed E-state index contributed by atoms with van der Waals surface area (Å²) in [6.07, 6.45) is -0.265. The molecule has 24 heavy (non-hydrogen) atoms. The maximum Gasteiger partial charge on any atom is 0.409 e. The number of carbonyl (C=O) groups excluding carboxylic acids is 2. The highest BCUT2D eigenvalue weighted by molar-refractivity contribution is 7.99. The lowest BCUT2D eigenvalue weighted by Crippen LogP contribution is -2.50. The van der Waals surface area contributed by atoms with Crippen molar-refractivity contribution in [3.8, 4) is 0 Å². The molecule has 1 heterocycles. The first-order chi connectivity index (χ1) is 11.7. The third kappa shape index (κ3) is 6.41. The minimum absolute atomic E-state index is 0.0733. The van der Waals surface area contributed by atoms with Crippen LogP contribution in [0.3, 0.4) is 0 Å². The molecule has 7 heteroatoms. The van der Waals surface area contributed by atoms with Gasteiger partial charge in [0.2, 0.25) is 5.91 Å². The van der Waals surface area contributed by atoms with Crippen molar-refractivity contribution in [1.29, 1.82) is 0 Å². The number of piperazine rings is 1. The Morgan fingerprint density at radius 3 is 2.54 bits per heavy atom. The van der Waals surface area contributed by atoms with E-state index in [1.807, 2.05) is 18.2 Å². The van der Waals surface area contributed by atoms with Gasteiger partial charge in [-0.1, -0.05) is 30.3 Å². The molecule has 1 aliphatic heterocycles. The van der Waals surface area contributed by atoms with Gasteiger partial charge >= 0.3 is 6.09 Å². The van der Waals surface area contributed by atoms with E-state index in [4.69, 9.17) is 4.74 Å². The number of carbonyl (C=O) groups is 2. The molecule has 6 nitrogen and oxygen atoms in total. The Kier molecular flexibility index (Phi) is 7.91. The topological polar surface area (TPSA) is 61.9 Å². The molecule has 1 fully saturated rings. The van der Waals surface area contributed by atoms with E-state index in [1.54, 1.807) is 16.7 Å². The van der Waals surface area contributed by atoms with Crippen LogP contribution in [-0.4, -0.2) is 73.9 Å². The molecule has 1 aromatic rings. The molecule has 0 saturated carbocycles. The van der Waals surface area contributed by atoms with Crippen molar-refractivity contribution in [3.05, 3.63) is 35.9 Å². The molecule has 2 amide bonds. The average Bonchev–Trinajstić information content (AvgIpc) is 2.62. The first kappa shape index (κ1) is 18.6. The molecule has 1 saturated heterocycles. The lowest BCUT2D eigenvalue weighted by atomic mass is 10.2. The molecule has 0 aromatic heterocycles. The number of rotatable bonds is 7. The summed E-state index contributed by atoms with van der Waals surface area (Å²) in [5, 5.41) is 2.95. The zero-order chi connectivity index (χ0) is 17.2. The normalized spacial score (nSPS) is 15.1. The van der Waals surface area contributed by atoms with Crippen molar-refractivity contribution in [2.24, 2.45) is 0 Å². The quantitative estimate of drug-likeness (QED) is 0.805. The average molecular weight is 351 g/mol. The minimum Gasteiger partial charge on any atom is -0.453 e. The highest BCUT2D eigenvalue weighted by Gasteiger charge is 2.20. The fourth-order valence-corrected chi connectivity index (χ4v) is 3.34. The molecular weight excluding hydrogens is 326 g/mol. The molecule has 0 unspecified atom stereocenters. The van der Waals surface area contributed by atoms with Crippen molar-refractivity contribution < 1.29 is 14.3 Å². The largest absolute Gasteiger partial charge is 0.453 e.